The van der Waals surface area contributed by atoms with E-state index in [2.05, 4.69) is 9.97 Å². The molecule has 0 spiro atoms. The molecule has 1 aliphatic heterocycles. The van der Waals surface area contributed by atoms with Crippen LogP contribution in [0.5, 0.6) is 11.5 Å². The summed E-state index contributed by atoms with van der Waals surface area (Å²) in [4.78, 5) is 22.7. The second-order valence-electron chi connectivity index (χ2n) is 7.27. The minimum Gasteiger partial charge on any atom is -0.493 e. The zero-order valence-electron chi connectivity index (χ0n) is 17.6. The molecular weight excluding hydrogens is 424 g/mol. The van der Waals surface area contributed by atoms with E-state index in [0.717, 1.165) is 27.9 Å². The number of thiophene rings is 1. The van der Waals surface area contributed by atoms with Crippen molar-refractivity contribution in [3.63, 3.8) is 0 Å². The summed E-state index contributed by atoms with van der Waals surface area (Å²) in [6.45, 7) is 0. The Morgan fingerprint density at radius 1 is 1.00 bits per heavy atom. The number of hydrogen-bond acceptors (Lipinski definition) is 7. The largest absolute Gasteiger partial charge is 0.493 e. The Bertz CT molecular complexity index is 1320. The summed E-state index contributed by atoms with van der Waals surface area (Å²) < 4.78 is 10.8. The van der Waals surface area contributed by atoms with Gasteiger partial charge in [0.25, 0.3) is 5.91 Å². The maximum absolute atomic E-state index is 13.3. The lowest BCUT2D eigenvalue weighted by atomic mass is 9.97. The molecule has 160 valence electrons. The molecule has 0 fully saturated rings. The quantitative estimate of drug-likeness (QED) is 0.446. The van der Waals surface area contributed by atoms with E-state index in [4.69, 9.17) is 14.6 Å². The van der Waals surface area contributed by atoms with Crippen molar-refractivity contribution >= 4 is 34.0 Å². The first-order valence-electron chi connectivity index (χ1n) is 10.1. The molecule has 0 N–H and O–H groups in total. The van der Waals surface area contributed by atoms with Crippen LogP contribution >= 0.6 is 11.3 Å². The van der Waals surface area contributed by atoms with Crippen molar-refractivity contribution in [2.75, 3.05) is 14.2 Å². The van der Waals surface area contributed by atoms with Gasteiger partial charge in [0.1, 0.15) is 0 Å². The fourth-order valence-corrected chi connectivity index (χ4v) is 4.50. The summed E-state index contributed by atoms with van der Waals surface area (Å²) in [5, 5.41) is 8.23. The number of benzene rings is 2. The Labute approximate surface area is 189 Å². The van der Waals surface area contributed by atoms with E-state index >= 15 is 0 Å². The first-order valence-corrected chi connectivity index (χ1v) is 10.9. The average Bonchev–Trinajstić information content (AvgIpc) is 3.53. The van der Waals surface area contributed by atoms with Crippen LogP contribution in [-0.4, -0.2) is 40.8 Å². The molecule has 0 unspecified atom stereocenters. The van der Waals surface area contributed by atoms with Gasteiger partial charge in [-0.2, -0.15) is 5.10 Å². The number of amides is 1. The molecule has 32 heavy (non-hydrogen) atoms. The molecule has 0 bridgehead atoms. The van der Waals surface area contributed by atoms with Gasteiger partial charge in [-0.25, -0.2) is 5.01 Å². The molecule has 1 atom stereocenters. The predicted molar refractivity (Wildman–Crippen MR) is 123 cm³/mol. The number of hydrogen-bond donors (Lipinski definition) is 0. The Balaban J connectivity index is 1.56. The van der Waals surface area contributed by atoms with Crippen LogP contribution in [0.15, 0.2) is 71.4 Å². The number of aromatic nitrogens is 2. The van der Waals surface area contributed by atoms with Gasteiger partial charge >= 0.3 is 0 Å². The summed E-state index contributed by atoms with van der Waals surface area (Å²) in [7, 11) is 3.20. The third-order valence-corrected chi connectivity index (χ3v) is 6.30. The van der Waals surface area contributed by atoms with Crippen molar-refractivity contribution in [2.24, 2.45) is 5.10 Å². The molecule has 1 aliphatic rings. The Kier molecular flexibility index (Phi) is 5.28. The van der Waals surface area contributed by atoms with Gasteiger partial charge < -0.3 is 9.47 Å². The van der Waals surface area contributed by atoms with Crippen LogP contribution in [-0.2, 0) is 0 Å². The van der Waals surface area contributed by atoms with Crippen molar-refractivity contribution in [3.8, 4) is 11.5 Å². The summed E-state index contributed by atoms with van der Waals surface area (Å²) in [5.41, 5.74) is 4.25. The molecule has 0 saturated carbocycles. The lowest BCUT2D eigenvalue weighted by Gasteiger charge is -2.21. The van der Waals surface area contributed by atoms with Crippen LogP contribution in [0.2, 0.25) is 0 Å². The van der Waals surface area contributed by atoms with Gasteiger partial charge in [-0.3, -0.25) is 14.8 Å². The van der Waals surface area contributed by atoms with Gasteiger partial charge in [-0.15, -0.1) is 11.3 Å². The Hall–Kier alpha value is -3.78. The average molecular weight is 445 g/mol. The number of methoxy groups -OCH3 is 2. The third kappa shape index (κ3) is 3.58. The van der Waals surface area contributed by atoms with Gasteiger partial charge in [-0.05, 0) is 47.3 Å². The van der Waals surface area contributed by atoms with Crippen LogP contribution in [0, 0.1) is 0 Å². The van der Waals surface area contributed by atoms with Crippen LogP contribution in [0.3, 0.4) is 0 Å². The summed E-state index contributed by atoms with van der Waals surface area (Å²) >= 11 is 1.41. The minimum atomic E-state index is -0.251. The van der Waals surface area contributed by atoms with Crippen molar-refractivity contribution < 1.29 is 14.3 Å². The van der Waals surface area contributed by atoms with Crippen LogP contribution in [0.1, 0.15) is 33.3 Å². The Morgan fingerprint density at radius 2 is 1.81 bits per heavy atom. The highest BCUT2D eigenvalue weighted by Crippen LogP contribution is 2.37. The molecule has 0 aliphatic carbocycles. The zero-order valence-corrected chi connectivity index (χ0v) is 18.4. The van der Waals surface area contributed by atoms with E-state index in [9.17, 15) is 4.79 Å². The topological polar surface area (TPSA) is 76.9 Å². The molecule has 7 nitrogen and oxygen atoms in total. The second-order valence-corrected chi connectivity index (χ2v) is 8.22. The maximum Gasteiger partial charge on any atom is 0.284 e. The highest BCUT2D eigenvalue weighted by atomic mass is 32.1. The van der Waals surface area contributed by atoms with E-state index < -0.39 is 0 Å². The standard InChI is InChI=1S/C24H20N4O3S/c1-30-21-8-6-15(13-22(21)31-2)18-14-20(28(27-18)24(29)23-4-3-11-32-23)16-5-7-17-19(12-16)26-10-9-25-17/h3-13,20H,14H2,1-2H3/t20-/m0/s1. The molecular formula is C24H20N4O3S. The predicted octanol–water partition coefficient (Wildman–Crippen LogP) is 4.70. The maximum atomic E-state index is 13.3. The Morgan fingerprint density at radius 3 is 2.56 bits per heavy atom. The highest BCUT2D eigenvalue weighted by molar-refractivity contribution is 7.12. The number of rotatable bonds is 5. The number of fused-ring (bicyclic) bond motifs is 1. The first-order chi connectivity index (χ1) is 15.7. The molecule has 4 aromatic rings. The van der Waals surface area contributed by atoms with Gasteiger partial charge in [0, 0.05) is 24.4 Å². The van der Waals surface area contributed by atoms with Gasteiger partial charge in [0.2, 0.25) is 0 Å². The molecule has 1 amide bonds. The molecule has 0 radical (unpaired) electrons. The van der Waals surface area contributed by atoms with Gasteiger partial charge in [-0.1, -0.05) is 12.1 Å². The normalized spacial score (nSPS) is 15.6. The lowest BCUT2D eigenvalue weighted by molar-refractivity contribution is 0.0716. The summed E-state index contributed by atoms with van der Waals surface area (Å²) in [6, 6.07) is 15.0. The van der Waals surface area contributed by atoms with E-state index in [1.807, 2.05) is 53.9 Å². The van der Waals surface area contributed by atoms with Gasteiger partial charge in [0.05, 0.1) is 41.9 Å². The van der Waals surface area contributed by atoms with E-state index in [1.54, 1.807) is 31.6 Å². The first kappa shape index (κ1) is 20.1. The van der Waals surface area contributed by atoms with Crippen molar-refractivity contribution in [2.45, 2.75) is 12.5 Å². The SMILES string of the molecule is COc1ccc(C2=NN(C(=O)c3cccs3)[C@H](c3ccc4nccnc4c3)C2)cc1OC. The van der Waals surface area contributed by atoms with Crippen LogP contribution in [0.4, 0.5) is 0 Å². The summed E-state index contributed by atoms with van der Waals surface area (Å²) in [5.74, 6) is 1.14. The smallest absolute Gasteiger partial charge is 0.284 e. The lowest BCUT2D eigenvalue weighted by Crippen LogP contribution is -2.26. The molecule has 2 aromatic heterocycles. The van der Waals surface area contributed by atoms with Crippen LogP contribution in [0.25, 0.3) is 11.0 Å². The molecule has 2 aromatic carbocycles. The van der Waals surface area contributed by atoms with Crippen LogP contribution < -0.4 is 9.47 Å². The monoisotopic (exact) mass is 444 g/mol. The molecule has 0 saturated heterocycles. The second kappa shape index (κ2) is 8.39. The van der Waals surface area contributed by atoms with Crippen molar-refractivity contribution in [1.29, 1.82) is 0 Å². The number of carbonyl (C=O) groups excluding carboxylic acids is 1. The summed E-state index contributed by atoms with van der Waals surface area (Å²) in [6.07, 6.45) is 3.90. The van der Waals surface area contributed by atoms with Crippen molar-refractivity contribution in [3.05, 3.63) is 82.3 Å². The molecule has 3 heterocycles. The zero-order chi connectivity index (χ0) is 22.1. The third-order valence-electron chi connectivity index (χ3n) is 5.45. The van der Waals surface area contributed by atoms with E-state index in [0.29, 0.717) is 22.8 Å². The molecule has 5 rings (SSSR count). The number of ether oxygens (including phenoxy) is 2. The number of carbonyl (C=O) groups is 1. The van der Waals surface area contributed by atoms with E-state index in [-0.39, 0.29) is 11.9 Å². The molecule has 8 heteroatoms. The fraction of sp³-hybridized carbons (Fsp3) is 0.167. The van der Waals surface area contributed by atoms with Crippen molar-refractivity contribution in [1.82, 2.24) is 15.0 Å². The number of nitrogens with zero attached hydrogens (tertiary/aromatic N) is 4. The number of hydrazone groups is 1. The fourth-order valence-electron chi connectivity index (χ4n) is 3.85. The highest BCUT2D eigenvalue weighted by Gasteiger charge is 2.34. The van der Waals surface area contributed by atoms with E-state index in [1.165, 1.54) is 11.3 Å². The minimum absolute atomic E-state index is 0.125. The van der Waals surface area contributed by atoms with Gasteiger partial charge in [0.15, 0.2) is 11.5 Å².